The molecule has 0 bridgehead atoms. The van der Waals surface area contributed by atoms with Crippen LogP contribution in [0.1, 0.15) is 71.2 Å². The zero-order valence-electron chi connectivity index (χ0n) is 17.2. The van der Waals surface area contributed by atoms with E-state index in [1.807, 2.05) is 11.5 Å². The zero-order valence-corrected chi connectivity index (χ0v) is 18.1. The Balaban J connectivity index is 1.42. The molecule has 0 spiro atoms. The first kappa shape index (κ1) is 19.4. The summed E-state index contributed by atoms with van der Waals surface area (Å²) in [5.41, 5.74) is 0.720. The lowest BCUT2D eigenvalue weighted by Gasteiger charge is -2.08. The van der Waals surface area contributed by atoms with Crippen LogP contribution in [0, 0.1) is 6.92 Å². The number of hydrogen-bond donors (Lipinski definition) is 1. The molecule has 0 aromatic carbocycles. The molecule has 9 heteroatoms. The molecule has 0 atom stereocenters. The Bertz CT molecular complexity index is 1170. The molecular formula is C21H26N6O2S. The Morgan fingerprint density at radius 3 is 2.53 bits per heavy atom. The lowest BCUT2D eigenvalue weighted by Crippen LogP contribution is -2.25. The Hall–Kier alpha value is -2.55. The third-order valence-electron chi connectivity index (χ3n) is 6.21. The van der Waals surface area contributed by atoms with Crippen LogP contribution in [-0.2, 0) is 32.5 Å². The molecule has 30 heavy (non-hydrogen) atoms. The van der Waals surface area contributed by atoms with E-state index in [0.29, 0.717) is 28.2 Å². The van der Waals surface area contributed by atoms with Gasteiger partial charge in [0, 0.05) is 25.9 Å². The minimum Gasteiger partial charge on any atom is -0.344 e. The van der Waals surface area contributed by atoms with Crippen molar-refractivity contribution in [1.29, 1.82) is 0 Å². The third kappa shape index (κ3) is 3.34. The molecule has 5 heterocycles. The number of fused-ring (bicyclic) bond motifs is 3. The third-order valence-corrected chi connectivity index (χ3v) is 7.40. The first-order valence-electron chi connectivity index (χ1n) is 10.9. The van der Waals surface area contributed by atoms with Crippen molar-refractivity contribution in [3.05, 3.63) is 38.3 Å². The topological polar surface area (TPSA) is 94.7 Å². The van der Waals surface area contributed by atoms with Crippen LogP contribution in [0.4, 0.5) is 0 Å². The number of carbonyl (C=O) groups excluding carboxylic acids is 1. The number of nitrogens with one attached hydrogen (secondary N) is 1. The van der Waals surface area contributed by atoms with Crippen molar-refractivity contribution in [2.24, 2.45) is 0 Å². The van der Waals surface area contributed by atoms with Crippen LogP contribution >= 0.6 is 11.3 Å². The van der Waals surface area contributed by atoms with E-state index in [4.69, 9.17) is 4.98 Å². The predicted octanol–water partition coefficient (Wildman–Crippen LogP) is 2.74. The van der Waals surface area contributed by atoms with Gasteiger partial charge in [0.15, 0.2) is 5.82 Å². The Morgan fingerprint density at radius 1 is 1.00 bits per heavy atom. The van der Waals surface area contributed by atoms with Gasteiger partial charge in [-0.15, -0.1) is 21.5 Å². The molecule has 3 aromatic heterocycles. The van der Waals surface area contributed by atoms with Crippen molar-refractivity contribution in [2.45, 2.75) is 77.9 Å². The Kier molecular flexibility index (Phi) is 5.14. The molecule has 2 aliphatic heterocycles. The number of aromatic nitrogens is 5. The van der Waals surface area contributed by atoms with E-state index < -0.39 is 0 Å². The van der Waals surface area contributed by atoms with E-state index in [1.54, 1.807) is 0 Å². The molecule has 0 saturated carbocycles. The van der Waals surface area contributed by atoms with Gasteiger partial charge in [-0.1, -0.05) is 12.8 Å². The summed E-state index contributed by atoms with van der Waals surface area (Å²) < 4.78 is 3.94. The number of amides is 1. The van der Waals surface area contributed by atoms with Gasteiger partial charge >= 0.3 is 0 Å². The van der Waals surface area contributed by atoms with Crippen LogP contribution in [0.25, 0.3) is 10.2 Å². The minimum absolute atomic E-state index is 0.00697. The van der Waals surface area contributed by atoms with Crippen molar-refractivity contribution in [3.8, 4) is 0 Å². The highest BCUT2D eigenvalue weighted by Crippen LogP contribution is 2.28. The molecule has 8 nitrogen and oxygen atoms in total. The van der Waals surface area contributed by atoms with Crippen molar-refractivity contribution in [2.75, 3.05) is 0 Å². The van der Waals surface area contributed by atoms with E-state index in [0.717, 1.165) is 74.5 Å². The van der Waals surface area contributed by atoms with Crippen molar-refractivity contribution < 1.29 is 4.79 Å². The second-order valence-electron chi connectivity index (χ2n) is 8.21. The van der Waals surface area contributed by atoms with Gasteiger partial charge in [-0.25, -0.2) is 4.98 Å². The Labute approximate surface area is 178 Å². The van der Waals surface area contributed by atoms with Crippen molar-refractivity contribution >= 4 is 27.5 Å². The molecule has 158 valence electrons. The summed E-state index contributed by atoms with van der Waals surface area (Å²) in [6.45, 7) is 3.81. The van der Waals surface area contributed by atoms with Gasteiger partial charge < -0.3 is 9.88 Å². The molecule has 0 saturated heterocycles. The molecule has 1 amide bonds. The van der Waals surface area contributed by atoms with Gasteiger partial charge in [0.2, 0.25) is 0 Å². The van der Waals surface area contributed by atoms with Crippen LogP contribution in [0.5, 0.6) is 0 Å². The van der Waals surface area contributed by atoms with Crippen molar-refractivity contribution in [3.63, 3.8) is 0 Å². The highest BCUT2D eigenvalue weighted by atomic mass is 32.1. The molecule has 0 radical (unpaired) electrons. The van der Waals surface area contributed by atoms with E-state index in [2.05, 4.69) is 20.1 Å². The number of hydrogen-bond acceptors (Lipinski definition) is 6. The minimum atomic E-state index is -0.180. The monoisotopic (exact) mass is 426 g/mol. The largest absolute Gasteiger partial charge is 0.344 e. The molecule has 2 aliphatic rings. The quantitative estimate of drug-likeness (QED) is 0.695. The summed E-state index contributed by atoms with van der Waals surface area (Å²) in [4.78, 5) is 32.0. The van der Waals surface area contributed by atoms with Crippen LogP contribution in [0.2, 0.25) is 0 Å². The van der Waals surface area contributed by atoms with Crippen LogP contribution in [0.15, 0.2) is 4.79 Å². The normalized spacial score (nSPS) is 16.6. The summed E-state index contributed by atoms with van der Waals surface area (Å²) in [6, 6.07) is 0. The zero-order chi connectivity index (χ0) is 20.7. The second kappa shape index (κ2) is 7.94. The van der Waals surface area contributed by atoms with E-state index in [9.17, 15) is 9.59 Å². The lowest BCUT2D eigenvalue weighted by molar-refractivity contribution is 0.0953. The maximum absolute atomic E-state index is 13.1. The average Bonchev–Trinajstić information content (AvgIpc) is 3.05. The molecule has 0 unspecified atom stereocenters. The first-order valence-corrected chi connectivity index (χ1v) is 11.7. The van der Waals surface area contributed by atoms with Gasteiger partial charge in [-0.2, -0.15) is 0 Å². The SMILES string of the molecule is Cc1c(C(=O)NCc2nnc3n2CCCCC3)sc2nc3n(c(=O)c12)CCCCC3. The van der Waals surface area contributed by atoms with Gasteiger partial charge in [-0.3, -0.25) is 14.2 Å². The molecule has 5 rings (SSSR count). The van der Waals surface area contributed by atoms with Gasteiger partial charge in [0.1, 0.15) is 16.5 Å². The number of aryl methyl sites for hydroxylation is 3. The average molecular weight is 427 g/mol. The van der Waals surface area contributed by atoms with Crippen molar-refractivity contribution in [1.82, 2.24) is 29.6 Å². The maximum Gasteiger partial charge on any atom is 0.262 e. The standard InChI is InChI=1S/C21H26N6O2S/c1-13-17-20(23-14-8-4-2-7-11-27(14)21(17)29)30-18(13)19(28)22-12-16-25-24-15-9-5-3-6-10-26(15)16/h2-12H2,1H3,(H,22,28). The number of thiophene rings is 1. The first-order chi connectivity index (χ1) is 14.6. The highest BCUT2D eigenvalue weighted by molar-refractivity contribution is 7.20. The summed E-state index contributed by atoms with van der Waals surface area (Å²) in [5.74, 6) is 2.47. The fourth-order valence-corrected chi connectivity index (χ4v) is 5.65. The Morgan fingerprint density at radius 2 is 1.73 bits per heavy atom. The number of rotatable bonds is 3. The fourth-order valence-electron chi connectivity index (χ4n) is 4.54. The van der Waals surface area contributed by atoms with Crippen LogP contribution < -0.4 is 10.9 Å². The molecule has 0 aliphatic carbocycles. The van der Waals surface area contributed by atoms with Crippen LogP contribution in [-0.4, -0.2) is 30.2 Å². The molecule has 1 N–H and O–H groups in total. The van der Waals surface area contributed by atoms with E-state index in [1.165, 1.54) is 17.8 Å². The molecular weight excluding hydrogens is 400 g/mol. The summed E-state index contributed by atoms with van der Waals surface area (Å²) in [6.07, 6.45) is 8.38. The van der Waals surface area contributed by atoms with E-state index >= 15 is 0 Å². The maximum atomic E-state index is 13.1. The molecule has 3 aromatic rings. The lowest BCUT2D eigenvalue weighted by atomic mass is 10.2. The second-order valence-corrected chi connectivity index (χ2v) is 9.21. The summed E-state index contributed by atoms with van der Waals surface area (Å²) >= 11 is 1.32. The summed E-state index contributed by atoms with van der Waals surface area (Å²) in [7, 11) is 0. The highest BCUT2D eigenvalue weighted by Gasteiger charge is 2.23. The molecule has 0 fully saturated rings. The predicted molar refractivity (Wildman–Crippen MR) is 115 cm³/mol. The smallest absolute Gasteiger partial charge is 0.262 e. The summed E-state index contributed by atoms with van der Waals surface area (Å²) in [5, 5.41) is 12.1. The number of carbonyl (C=O) groups is 1. The van der Waals surface area contributed by atoms with Gasteiger partial charge in [0.25, 0.3) is 11.5 Å². The number of nitrogens with zero attached hydrogens (tertiary/aromatic N) is 5. The van der Waals surface area contributed by atoms with Crippen LogP contribution in [0.3, 0.4) is 0 Å². The fraction of sp³-hybridized carbons (Fsp3) is 0.571. The van der Waals surface area contributed by atoms with E-state index in [-0.39, 0.29) is 11.5 Å². The van der Waals surface area contributed by atoms with Gasteiger partial charge in [-0.05, 0) is 38.2 Å². The van der Waals surface area contributed by atoms with Gasteiger partial charge in [0.05, 0.1) is 16.8 Å².